The Hall–Kier alpha value is -2.10. The summed E-state index contributed by atoms with van der Waals surface area (Å²) in [7, 11) is 1.83. The van der Waals surface area contributed by atoms with Crippen LogP contribution in [0.5, 0.6) is 0 Å². The van der Waals surface area contributed by atoms with E-state index in [4.69, 9.17) is 0 Å². The zero-order chi connectivity index (χ0) is 13.3. The van der Waals surface area contributed by atoms with Crippen LogP contribution in [0, 0.1) is 13.8 Å². The summed E-state index contributed by atoms with van der Waals surface area (Å²) in [5.74, 6) is 0.648. The molecular weight excluding hydrogens is 226 g/mol. The minimum absolute atomic E-state index is 0.0913. The predicted octanol–water partition coefficient (Wildman–Crippen LogP) is 2.66. The number of benzene rings is 1. The first-order valence-corrected chi connectivity index (χ1v) is 5.87. The largest absolute Gasteiger partial charge is 0.311 e. The third-order valence-corrected chi connectivity index (χ3v) is 2.86. The lowest BCUT2D eigenvalue weighted by Gasteiger charge is -2.07. The van der Waals surface area contributed by atoms with E-state index in [0.29, 0.717) is 0 Å². The molecule has 0 aliphatic rings. The lowest BCUT2D eigenvalue weighted by molar-refractivity contribution is -0.114. The van der Waals surface area contributed by atoms with E-state index in [-0.39, 0.29) is 5.91 Å². The Balaban J connectivity index is 2.55. The molecule has 0 fully saturated rings. The summed E-state index contributed by atoms with van der Waals surface area (Å²) in [4.78, 5) is 11.3. The molecule has 4 heteroatoms. The third-order valence-electron chi connectivity index (χ3n) is 2.86. The molecule has 18 heavy (non-hydrogen) atoms. The van der Waals surface area contributed by atoms with Crippen LogP contribution in [0.4, 0.5) is 5.82 Å². The maximum absolute atomic E-state index is 11.3. The summed E-state index contributed by atoms with van der Waals surface area (Å²) < 4.78 is 1.70. The van der Waals surface area contributed by atoms with Gasteiger partial charge in [0.1, 0.15) is 5.82 Å². The van der Waals surface area contributed by atoms with Crippen molar-refractivity contribution in [2.24, 2.45) is 7.05 Å². The average Bonchev–Trinajstić information content (AvgIpc) is 2.55. The van der Waals surface area contributed by atoms with E-state index < -0.39 is 0 Å². The number of carbonyl (C=O) groups is 1. The van der Waals surface area contributed by atoms with E-state index in [9.17, 15) is 4.79 Å². The van der Waals surface area contributed by atoms with Gasteiger partial charge in [-0.1, -0.05) is 29.8 Å². The van der Waals surface area contributed by atoms with Crippen LogP contribution in [0.25, 0.3) is 11.1 Å². The van der Waals surface area contributed by atoms with Crippen molar-refractivity contribution in [1.82, 2.24) is 9.78 Å². The molecule has 1 heterocycles. The molecule has 0 radical (unpaired) electrons. The van der Waals surface area contributed by atoms with Gasteiger partial charge >= 0.3 is 0 Å². The summed E-state index contributed by atoms with van der Waals surface area (Å²) in [6, 6.07) is 8.20. The highest BCUT2D eigenvalue weighted by Crippen LogP contribution is 2.31. The van der Waals surface area contributed by atoms with Gasteiger partial charge in [-0.2, -0.15) is 5.10 Å². The molecule has 0 bridgehead atoms. The highest BCUT2D eigenvalue weighted by molar-refractivity contribution is 5.93. The molecule has 0 saturated heterocycles. The topological polar surface area (TPSA) is 46.9 Å². The molecule has 1 amide bonds. The molecule has 94 valence electrons. The van der Waals surface area contributed by atoms with E-state index in [1.54, 1.807) is 4.68 Å². The highest BCUT2D eigenvalue weighted by Gasteiger charge is 2.15. The summed E-state index contributed by atoms with van der Waals surface area (Å²) in [5, 5.41) is 7.20. The average molecular weight is 243 g/mol. The normalized spacial score (nSPS) is 10.4. The van der Waals surface area contributed by atoms with Gasteiger partial charge in [0.05, 0.1) is 5.69 Å². The number of carbonyl (C=O) groups excluding carboxylic acids is 1. The van der Waals surface area contributed by atoms with Crippen LogP contribution in [0.15, 0.2) is 24.3 Å². The SMILES string of the molecule is CC(=O)Nc1c(-c2ccc(C)cc2)c(C)nn1C. The number of aryl methyl sites for hydroxylation is 3. The van der Waals surface area contributed by atoms with Gasteiger partial charge in [-0.3, -0.25) is 9.48 Å². The van der Waals surface area contributed by atoms with Crippen LogP contribution in [0.1, 0.15) is 18.2 Å². The monoisotopic (exact) mass is 243 g/mol. The molecule has 1 aromatic heterocycles. The van der Waals surface area contributed by atoms with Gasteiger partial charge in [0.25, 0.3) is 0 Å². The number of hydrogen-bond donors (Lipinski definition) is 1. The smallest absolute Gasteiger partial charge is 0.222 e. The van der Waals surface area contributed by atoms with Gasteiger partial charge in [0.15, 0.2) is 0 Å². The van der Waals surface area contributed by atoms with E-state index in [1.165, 1.54) is 12.5 Å². The Kier molecular flexibility index (Phi) is 3.19. The maximum atomic E-state index is 11.3. The molecule has 0 spiro atoms. The van der Waals surface area contributed by atoms with Crippen LogP contribution in [0.3, 0.4) is 0 Å². The summed E-state index contributed by atoms with van der Waals surface area (Å²) in [6.07, 6.45) is 0. The number of hydrogen-bond acceptors (Lipinski definition) is 2. The first kappa shape index (κ1) is 12.4. The van der Waals surface area contributed by atoms with Gasteiger partial charge in [0.2, 0.25) is 5.91 Å². The van der Waals surface area contributed by atoms with E-state index in [0.717, 1.165) is 22.6 Å². The van der Waals surface area contributed by atoms with Crippen LogP contribution >= 0.6 is 0 Å². The fraction of sp³-hybridized carbons (Fsp3) is 0.286. The molecule has 4 nitrogen and oxygen atoms in total. The number of nitrogens with one attached hydrogen (secondary N) is 1. The second-order valence-electron chi connectivity index (χ2n) is 4.48. The molecule has 0 aliphatic heterocycles. The molecule has 0 saturated carbocycles. The number of rotatable bonds is 2. The highest BCUT2D eigenvalue weighted by atomic mass is 16.1. The molecular formula is C14H17N3O. The molecule has 0 unspecified atom stereocenters. The van der Waals surface area contributed by atoms with Gasteiger partial charge in [-0.15, -0.1) is 0 Å². The lowest BCUT2D eigenvalue weighted by Crippen LogP contribution is -2.10. The predicted molar refractivity (Wildman–Crippen MR) is 72.4 cm³/mol. The number of amides is 1. The maximum Gasteiger partial charge on any atom is 0.222 e. The Morgan fingerprint density at radius 2 is 1.83 bits per heavy atom. The van der Waals surface area contributed by atoms with Crippen molar-refractivity contribution in [3.63, 3.8) is 0 Å². The van der Waals surface area contributed by atoms with Crippen molar-refractivity contribution in [1.29, 1.82) is 0 Å². The standard InChI is InChI=1S/C14H17N3O/c1-9-5-7-12(8-6-9)13-10(2)16-17(4)14(13)15-11(3)18/h5-8H,1-4H3,(H,15,18). The van der Waals surface area contributed by atoms with E-state index in [2.05, 4.69) is 29.5 Å². The first-order valence-electron chi connectivity index (χ1n) is 5.87. The quantitative estimate of drug-likeness (QED) is 0.881. The summed E-state index contributed by atoms with van der Waals surface area (Å²) >= 11 is 0. The molecule has 0 aliphatic carbocycles. The van der Waals surface area contributed by atoms with Gasteiger partial charge < -0.3 is 5.32 Å². The zero-order valence-electron chi connectivity index (χ0n) is 11.1. The second kappa shape index (κ2) is 4.64. The summed E-state index contributed by atoms with van der Waals surface area (Å²) in [5.41, 5.74) is 4.16. The van der Waals surface area contributed by atoms with Gasteiger partial charge in [0, 0.05) is 19.5 Å². The molecule has 2 aromatic rings. The van der Waals surface area contributed by atoms with E-state index in [1.807, 2.05) is 26.1 Å². The Bertz CT molecular complexity index is 582. The zero-order valence-corrected chi connectivity index (χ0v) is 11.1. The Morgan fingerprint density at radius 1 is 1.22 bits per heavy atom. The molecule has 1 aromatic carbocycles. The number of anilines is 1. The fourth-order valence-corrected chi connectivity index (χ4v) is 2.03. The van der Waals surface area contributed by atoms with Crippen molar-refractivity contribution in [2.45, 2.75) is 20.8 Å². The van der Waals surface area contributed by atoms with Crippen molar-refractivity contribution < 1.29 is 4.79 Å². The van der Waals surface area contributed by atoms with Crippen LogP contribution in [0.2, 0.25) is 0 Å². The minimum atomic E-state index is -0.0913. The van der Waals surface area contributed by atoms with Gasteiger partial charge in [-0.05, 0) is 19.4 Å². The third kappa shape index (κ3) is 2.27. The number of nitrogens with zero attached hydrogens (tertiary/aromatic N) is 2. The molecule has 2 rings (SSSR count). The fourth-order valence-electron chi connectivity index (χ4n) is 2.03. The molecule has 0 atom stereocenters. The number of aromatic nitrogens is 2. The van der Waals surface area contributed by atoms with Crippen LogP contribution in [-0.2, 0) is 11.8 Å². The van der Waals surface area contributed by atoms with Crippen LogP contribution < -0.4 is 5.32 Å². The van der Waals surface area contributed by atoms with Crippen molar-refractivity contribution >= 4 is 11.7 Å². The lowest BCUT2D eigenvalue weighted by atomic mass is 10.0. The molecule has 1 N–H and O–H groups in total. The van der Waals surface area contributed by atoms with Crippen molar-refractivity contribution in [2.75, 3.05) is 5.32 Å². The Labute approximate surface area is 107 Å². The summed E-state index contributed by atoms with van der Waals surface area (Å²) in [6.45, 7) is 5.50. The van der Waals surface area contributed by atoms with E-state index >= 15 is 0 Å². The minimum Gasteiger partial charge on any atom is -0.311 e. The van der Waals surface area contributed by atoms with Gasteiger partial charge in [-0.25, -0.2) is 0 Å². The Morgan fingerprint density at radius 3 is 2.39 bits per heavy atom. The van der Waals surface area contributed by atoms with Crippen molar-refractivity contribution in [3.8, 4) is 11.1 Å². The van der Waals surface area contributed by atoms with Crippen molar-refractivity contribution in [3.05, 3.63) is 35.5 Å². The van der Waals surface area contributed by atoms with Crippen LogP contribution in [-0.4, -0.2) is 15.7 Å². The second-order valence-corrected chi connectivity index (χ2v) is 4.48. The first-order chi connectivity index (χ1) is 8.49.